The minimum atomic E-state index is -0.106. The summed E-state index contributed by atoms with van der Waals surface area (Å²) in [6.45, 7) is 0.816. The minimum absolute atomic E-state index is 0.106. The van der Waals surface area contributed by atoms with Gasteiger partial charge in [-0.25, -0.2) is 0 Å². The van der Waals surface area contributed by atoms with Crippen molar-refractivity contribution in [3.05, 3.63) is 12.0 Å². The number of methoxy groups -OCH3 is 1. The molecule has 9 heavy (non-hydrogen) atoms. The lowest BCUT2D eigenvalue weighted by Gasteiger charge is -2.05. The predicted octanol–water partition coefficient (Wildman–Crippen LogP) is 1.56. The van der Waals surface area contributed by atoms with E-state index >= 15 is 0 Å². The van der Waals surface area contributed by atoms with Crippen LogP contribution in [0.4, 0.5) is 0 Å². The Hall–Kier alpha value is 0.300. The summed E-state index contributed by atoms with van der Waals surface area (Å²) in [6, 6.07) is 0. The quantitative estimate of drug-likeness (QED) is 0.720. The number of nitrogens with one attached hydrogen (secondary N) is 1. The second kappa shape index (κ2) is 2.50. The summed E-state index contributed by atoms with van der Waals surface area (Å²) >= 11 is 6.84. The summed E-state index contributed by atoms with van der Waals surface area (Å²) in [6.07, 6.45) is 1.94. The molecule has 4 heteroatoms. The van der Waals surface area contributed by atoms with Crippen LogP contribution >= 0.6 is 31.9 Å². The van der Waals surface area contributed by atoms with Crippen molar-refractivity contribution < 1.29 is 4.74 Å². The van der Waals surface area contributed by atoms with E-state index in [1.165, 1.54) is 0 Å². The van der Waals surface area contributed by atoms with Gasteiger partial charge in [0.1, 0.15) is 3.23 Å². The number of ether oxygens (including phenoxy) is 1. The Balaban J connectivity index is 2.61. The van der Waals surface area contributed by atoms with Crippen LogP contribution in [-0.4, -0.2) is 16.9 Å². The van der Waals surface area contributed by atoms with Crippen LogP contribution in [0.2, 0.25) is 0 Å². The van der Waals surface area contributed by atoms with Crippen LogP contribution in [0.3, 0.4) is 0 Å². The maximum atomic E-state index is 4.94. The Bertz CT molecular complexity index is 144. The van der Waals surface area contributed by atoms with Crippen LogP contribution in [-0.2, 0) is 4.74 Å². The van der Waals surface area contributed by atoms with Gasteiger partial charge in [-0.2, -0.15) is 0 Å². The topological polar surface area (TPSA) is 21.3 Å². The number of alkyl halides is 2. The van der Waals surface area contributed by atoms with Crippen molar-refractivity contribution in [2.45, 2.75) is 3.23 Å². The molecule has 0 unspecified atom stereocenters. The van der Waals surface area contributed by atoms with E-state index < -0.39 is 0 Å². The average molecular weight is 257 g/mol. The summed E-state index contributed by atoms with van der Waals surface area (Å²) in [5.74, 6) is 0.809. The zero-order chi connectivity index (χ0) is 6.91. The van der Waals surface area contributed by atoms with Crippen molar-refractivity contribution >= 4 is 31.9 Å². The molecule has 0 radical (unpaired) electrons. The molecule has 0 aromatic rings. The molecule has 0 spiro atoms. The second-order valence-corrected chi connectivity index (χ2v) is 5.72. The zero-order valence-electron chi connectivity index (χ0n) is 4.95. The van der Waals surface area contributed by atoms with Crippen LogP contribution in [0.1, 0.15) is 0 Å². The van der Waals surface area contributed by atoms with E-state index in [0.29, 0.717) is 0 Å². The Morgan fingerprint density at radius 3 is 2.67 bits per heavy atom. The highest BCUT2D eigenvalue weighted by Crippen LogP contribution is 2.31. The first-order valence-corrected chi connectivity index (χ1v) is 4.11. The predicted molar refractivity (Wildman–Crippen MR) is 43.7 cm³/mol. The third-order valence-corrected chi connectivity index (χ3v) is 2.08. The van der Waals surface area contributed by atoms with Gasteiger partial charge in [0.05, 0.1) is 7.11 Å². The van der Waals surface area contributed by atoms with Crippen molar-refractivity contribution in [1.29, 1.82) is 0 Å². The summed E-state index contributed by atoms with van der Waals surface area (Å²) in [4.78, 5) is 0. The fourth-order valence-electron chi connectivity index (χ4n) is 0.630. The number of hydrogen-bond donors (Lipinski definition) is 1. The lowest BCUT2D eigenvalue weighted by Crippen LogP contribution is -2.18. The fourth-order valence-corrected chi connectivity index (χ4v) is 1.33. The Kier molecular flexibility index (Phi) is 2.06. The Morgan fingerprint density at radius 2 is 2.44 bits per heavy atom. The van der Waals surface area contributed by atoms with Crippen molar-refractivity contribution in [3.63, 3.8) is 0 Å². The minimum Gasteiger partial charge on any atom is -0.483 e. The number of rotatable bonds is 1. The van der Waals surface area contributed by atoms with Crippen LogP contribution in [0, 0.1) is 0 Å². The normalized spacial score (nSPS) is 22.8. The highest BCUT2D eigenvalue weighted by atomic mass is 79.9. The lowest BCUT2D eigenvalue weighted by atomic mass is 10.5. The smallest absolute Gasteiger partial charge is 0.184 e. The Labute approximate surface area is 70.9 Å². The zero-order valence-corrected chi connectivity index (χ0v) is 8.12. The molecular formula is C5H7Br2NO. The first-order chi connectivity index (χ1) is 4.14. The monoisotopic (exact) mass is 255 g/mol. The summed E-state index contributed by atoms with van der Waals surface area (Å²) < 4.78 is 4.83. The number of halogens is 2. The molecule has 1 heterocycles. The van der Waals surface area contributed by atoms with Gasteiger partial charge >= 0.3 is 0 Å². The van der Waals surface area contributed by atoms with Gasteiger partial charge in [-0.3, -0.25) is 0 Å². The molecule has 0 aliphatic carbocycles. The third-order valence-electron chi connectivity index (χ3n) is 1.06. The highest BCUT2D eigenvalue weighted by Gasteiger charge is 2.26. The SMILES string of the molecule is COC1=CC(Br)(Br)CN1. The van der Waals surface area contributed by atoms with Crippen LogP contribution in [0.25, 0.3) is 0 Å². The fraction of sp³-hybridized carbons (Fsp3) is 0.600. The van der Waals surface area contributed by atoms with Gasteiger partial charge in [-0.05, 0) is 0 Å². The number of hydrogen-bond acceptors (Lipinski definition) is 2. The Morgan fingerprint density at radius 1 is 1.78 bits per heavy atom. The van der Waals surface area contributed by atoms with Gasteiger partial charge in [-0.1, -0.05) is 31.9 Å². The molecule has 0 amide bonds. The molecule has 0 bridgehead atoms. The van der Waals surface area contributed by atoms with Crippen LogP contribution in [0.15, 0.2) is 12.0 Å². The van der Waals surface area contributed by atoms with E-state index in [-0.39, 0.29) is 3.23 Å². The van der Waals surface area contributed by atoms with Crippen molar-refractivity contribution in [2.24, 2.45) is 0 Å². The maximum Gasteiger partial charge on any atom is 0.184 e. The van der Waals surface area contributed by atoms with E-state index in [1.807, 2.05) is 6.08 Å². The molecule has 0 atom stereocenters. The average Bonchev–Trinajstić information content (AvgIpc) is 2.10. The van der Waals surface area contributed by atoms with E-state index in [0.717, 1.165) is 12.4 Å². The maximum absolute atomic E-state index is 4.94. The summed E-state index contributed by atoms with van der Waals surface area (Å²) in [7, 11) is 1.64. The molecule has 2 nitrogen and oxygen atoms in total. The van der Waals surface area contributed by atoms with E-state index in [2.05, 4.69) is 37.2 Å². The second-order valence-electron chi connectivity index (χ2n) is 1.83. The van der Waals surface area contributed by atoms with Crippen molar-refractivity contribution in [2.75, 3.05) is 13.7 Å². The molecule has 52 valence electrons. The van der Waals surface area contributed by atoms with Crippen LogP contribution in [0.5, 0.6) is 0 Å². The van der Waals surface area contributed by atoms with Crippen molar-refractivity contribution in [3.8, 4) is 0 Å². The van der Waals surface area contributed by atoms with Gasteiger partial charge < -0.3 is 10.1 Å². The molecule has 1 aliphatic heterocycles. The van der Waals surface area contributed by atoms with Gasteiger partial charge in [0.25, 0.3) is 0 Å². The van der Waals surface area contributed by atoms with Gasteiger partial charge in [-0.15, -0.1) is 0 Å². The van der Waals surface area contributed by atoms with Gasteiger partial charge in [0.2, 0.25) is 0 Å². The highest BCUT2D eigenvalue weighted by molar-refractivity contribution is 9.25. The van der Waals surface area contributed by atoms with E-state index in [1.54, 1.807) is 7.11 Å². The first kappa shape index (κ1) is 7.41. The molecule has 0 fully saturated rings. The van der Waals surface area contributed by atoms with E-state index in [4.69, 9.17) is 4.74 Å². The molecule has 0 saturated carbocycles. The molecule has 0 saturated heterocycles. The van der Waals surface area contributed by atoms with Gasteiger partial charge in [0, 0.05) is 12.6 Å². The lowest BCUT2D eigenvalue weighted by molar-refractivity contribution is 0.270. The molecule has 1 N–H and O–H groups in total. The first-order valence-electron chi connectivity index (χ1n) is 2.52. The molecule has 1 aliphatic rings. The molecule has 0 aromatic heterocycles. The third kappa shape index (κ3) is 1.86. The van der Waals surface area contributed by atoms with Crippen molar-refractivity contribution in [1.82, 2.24) is 5.32 Å². The standard InChI is InChI=1S/C5H7Br2NO/c1-9-4-2-5(6,7)3-8-4/h2,8H,3H2,1H3. The largest absolute Gasteiger partial charge is 0.483 e. The summed E-state index contributed by atoms with van der Waals surface area (Å²) in [5, 5.41) is 3.04. The molecular weight excluding hydrogens is 250 g/mol. The van der Waals surface area contributed by atoms with Crippen LogP contribution < -0.4 is 5.32 Å². The van der Waals surface area contributed by atoms with E-state index in [9.17, 15) is 0 Å². The van der Waals surface area contributed by atoms with Gasteiger partial charge in [0.15, 0.2) is 5.88 Å². The molecule has 0 aromatic carbocycles. The molecule has 1 rings (SSSR count). The summed E-state index contributed by atoms with van der Waals surface area (Å²) in [5.41, 5.74) is 0.